The summed E-state index contributed by atoms with van der Waals surface area (Å²) in [6.45, 7) is 7.73. The Balaban J connectivity index is 2.15. The molecule has 3 nitrogen and oxygen atoms in total. The predicted octanol–water partition coefficient (Wildman–Crippen LogP) is 4.85. The zero-order valence-corrected chi connectivity index (χ0v) is 14.3. The maximum absolute atomic E-state index is 13.4. The molecule has 0 aliphatic rings. The fourth-order valence-corrected chi connectivity index (χ4v) is 2.72. The van der Waals surface area contributed by atoms with Crippen molar-refractivity contribution < 1.29 is 13.6 Å². The monoisotopic (exact) mass is 319 g/mol. The van der Waals surface area contributed by atoms with E-state index in [4.69, 9.17) is 4.42 Å². The van der Waals surface area contributed by atoms with Crippen LogP contribution in [0.3, 0.4) is 0 Å². The summed E-state index contributed by atoms with van der Waals surface area (Å²) in [6.07, 6.45) is 4.41. The molecule has 1 heterocycles. The van der Waals surface area contributed by atoms with Gasteiger partial charge in [-0.05, 0) is 43.5 Å². The van der Waals surface area contributed by atoms with Crippen molar-refractivity contribution in [3.05, 3.63) is 35.3 Å². The predicted molar refractivity (Wildman–Crippen MR) is 91.0 cm³/mol. The van der Waals surface area contributed by atoms with Gasteiger partial charge >= 0.3 is 0 Å². The lowest BCUT2D eigenvalue weighted by atomic mass is 10.1. The molecule has 2 aromatic rings. The highest BCUT2D eigenvalue weighted by Crippen LogP contribution is 2.26. The number of unbranched alkanes of at least 4 members (excludes halogenated alkanes) is 2. The van der Waals surface area contributed by atoms with Gasteiger partial charge in [0.15, 0.2) is 0 Å². The first-order valence-corrected chi connectivity index (χ1v) is 8.52. The van der Waals surface area contributed by atoms with Crippen LogP contribution in [0.4, 0.5) is 4.39 Å². The van der Waals surface area contributed by atoms with Crippen LogP contribution >= 0.6 is 0 Å². The number of benzene rings is 1. The van der Waals surface area contributed by atoms with Crippen LogP contribution in [0, 0.1) is 12.7 Å². The highest BCUT2D eigenvalue weighted by molar-refractivity contribution is 5.85. The Labute approximate surface area is 137 Å². The minimum atomic E-state index is -0.285. The lowest BCUT2D eigenvalue weighted by molar-refractivity contribution is -0.130. The van der Waals surface area contributed by atoms with Crippen LogP contribution in [0.1, 0.15) is 50.9 Å². The van der Waals surface area contributed by atoms with Crippen LogP contribution in [-0.2, 0) is 11.2 Å². The molecule has 0 bridgehead atoms. The lowest BCUT2D eigenvalue weighted by Gasteiger charge is -2.22. The number of hydrogen-bond acceptors (Lipinski definition) is 2. The molecule has 0 saturated carbocycles. The first kappa shape index (κ1) is 17.5. The van der Waals surface area contributed by atoms with E-state index in [1.807, 2.05) is 11.8 Å². The Bertz CT molecular complexity index is 655. The first-order valence-electron chi connectivity index (χ1n) is 8.52. The summed E-state index contributed by atoms with van der Waals surface area (Å²) < 4.78 is 19.1. The SMILES string of the molecule is CCCCN(CCCC)C(=O)Cc1oc2ccc(F)cc2c1C. The number of aryl methyl sites for hydroxylation is 1. The fraction of sp³-hybridized carbons (Fsp3) is 0.526. The topological polar surface area (TPSA) is 33.5 Å². The number of fused-ring (bicyclic) bond motifs is 1. The van der Waals surface area contributed by atoms with Gasteiger partial charge in [0, 0.05) is 18.5 Å². The standard InChI is InChI=1S/C19H26FNO2/c1-4-6-10-21(11-7-5-2)19(22)13-18-14(3)16-12-15(20)8-9-17(16)23-18/h8-9,12H,4-7,10-11,13H2,1-3H3. The van der Waals surface area contributed by atoms with Gasteiger partial charge in [0.1, 0.15) is 17.2 Å². The Morgan fingerprint density at radius 1 is 1.17 bits per heavy atom. The molecular weight excluding hydrogens is 293 g/mol. The number of amides is 1. The summed E-state index contributed by atoms with van der Waals surface area (Å²) in [6, 6.07) is 4.47. The zero-order valence-electron chi connectivity index (χ0n) is 14.3. The Kier molecular flexibility index (Phi) is 6.20. The van der Waals surface area contributed by atoms with E-state index in [0.29, 0.717) is 11.3 Å². The maximum Gasteiger partial charge on any atom is 0.230 e. The van der Waals surface area contributed by atoms with Crippen LogP contribution < -0.4 is 0 Å². The molecule has 1 aromatic heterocycles. The van der Waals surface area contributed by atoms with Crippen molar-refractivity contribution in [1.29, 1.82) is 0 Å². The van der Waals surface area contributed by atoms with Gasteiger partial charge in [0.2, 0.25) is 5.91 Å². The molecule has 0 radical (unpaired) electrons. The number of nitrogens with zero attached hydrogens (tertiary/aromatic N) is 1. The van der Waals surface area contributed by atoms with E-state index in [1.165, 1.54) is 12.1 Å². The van der Waals surface area contributed by atoms with E-state index in [9.17, 15) is 9.18 Å². The van der Waals surface area contributed by atoms with Crippen molar-refractivity contribution in [3.8, 4) is 0 Å². The second-order valence-electron chi connectivity index (χ2n) is 6.06. The smallest absolute Gasteiger partial charge is 0.230 e. The molecule has 0 aliphatic heterocycles. The van der Waals surface area contributed by atoms with Crippen molar-refractivity contribution in [2.75, 3.05) is 13.1 Å². The molecule has 0 aliphatic carbocycles. The molecule has 0 N–H and O–H groups in total. The van der Waals surface area contributed by atoms with E-state index >= 15 is 0 Å². The average Bonchev–Trinajstić information content (AvgIpc) is 2.83. The van der Waals surface area contributed by atoms with Gasteiger partial charge in [-0.15, -0.1) is 0 Å². The molecule has 0 saturated heterocycles. The average molecular weight is 319 g/mol. The first-order chi connectivity index (χ1) is 11.1. The largest absolute Gasteiger partial charge is 0.460 e. The van der Waals surface area contributed by atoms with Crippen LogP contribution in [0.2, 0.25) is 0 Å². The molecule has 1 amide bonds. The number of furan rings is 1. The van der Waals surface area contributed by atoms with Crippen LogP contribution in [-0.4, -0.2) is 23.9 Å². The summed E-state index contributed by atoms with van der Waals surface area (Å²) in [5, 5.41) is 0.751. The quantitative estimate of drug-likeness (QED) is 0.697. The number of carbonyl (C=O) groups excluding carboxylic acids is 1. The number of halogens is 1. The minimum Gasteiger partial charge on any atom is -0.460 e. The van der Waals surface area contributed by atoms with Gasteiger partial charge in [-0.3, -0.25) is 4.79 Å². The summed E-state index contributed by atoms with van der Waals surface area (Å²) in [5.41, 5.74) is 1.50. The second-order valence-corrected chi connectivity index (χ2v) is 6.06. The molecule has 126 valence electrons. The normalized spacial score (nSPS) is 11.1. The molecule has 0 fully saturated rings. The van der Waals surface area contributed by atoms with Crippen LogP contribution in [0.5, 0.6) is 0 Å². The molecular formula is C19H26FNO2. The van der Waals surface area contributed by atoms with Crippen molar-refractivity contribution >= 4 is 16.9 Å². The molecule has 0 spiro atoms. The van der Waals surface area contributed by atoms with E-state index < -0.39 is 0 Å². The van der Waals surface area contributed by atoms with E-state index in [0.717, 1.165) is 49.7 Å². The van der Waals surface area contributed by atoms with Gasteiger partial charge in [0.25, 0.3) is 0 Å². The summed E-state index contributed by atoms with van der Waals surface area (Å²) in [7, 11) is 0. The second kappa shape index (κ2) is 8.14. The number of hydrogen-bond donors (Lipinski definition) is 0. The van der Waals surface area contributed by atoms with E-state index in [-0.39, 0.29) is 18.1 Å². The van der Waals surface area contributed by atoms with Gasteiger partial charge in [-0.1, -0.05) is 26.7 Å². The summed E-state index contributed by atoms with van der Waals surface area (Å²) in [4.78, 5) is 14.5. The van der Waals surface area contributed by atoms with Crippen molar-refractivity contribution in [1.82, 2.24) is 4.90 Å². The summed E-state index contributed by atoms with van der Waals surface area (Å²) >= 11 is 0. The zero-order chi connectivity index (χ0) is 16.8. The Hall–Kier alpha value is -1.84. The third-order valence-electron chi connectivity index (χ3n) is 4.22. The van der Waals surface area contributed by atoms with E-state index in [1.54, 1.807) is 6.07 Å². The van der Waals surface area contributed by atoms with Gasteiger partial charge < -0.3 is 9.32 Å². The minimum absolute atomic E-state index is 0.0922. The molecule has 0 atom stereocenters. The van der Waals surface area contributed by atoms with Crippen LogP contribution in [0.15, 0.2) is 22.6 Å². The molecule has 0 unspecified atom stereocenters. The van der Waals surface area contributed by atoms with Gasteiger partial charge in [-0.2, -0.15) is 0 Å². The van der Waals surface area contributed by atoms with Crippen molar-refractivity contribution in [3.63, 3.8) is 0 Å². The summed E-state index contributed by atoms with van der Waals surface area (Å²) in [5.74, 6) is 0.454. The van der Waals surface area contributed by atoms with E-state index in [2.05, 4.69) is 13.8 Å². The molecule has 2 rings (SSSR count). The lowest BCUT2D eigenvalue weighted by Crippen LogP contribution is -2.34. The van der Waals surface area contributed by atoms with Gasteiger partial charge in [0.05, 0.1) is 6.42 Å². The van der Waals surface area contributed by atoms with Crippen molar-refractivity contribution in [2.45, 2.75) is 52.9 Å². The van der Waals surface area contributed by atoms with Gasteiger partial charge in [-0.25, -0.2) is 4.39 Å². The molecule has 1 aromatic carbocycles. The fourth-order valence-electron chi connectivity index (χ4n) is 2.72. The number of carbonyl (C=O) groups is 1. The third-order valence-corrected chi connectivity index (χ3v) is 4.22. The van der Waals surface area contributed by atoms with Crippen LogP contribution in [0.25, 0.3) is 11.0 Å². The molecule has 4 heteroatoms. The third kappa shape index (κ3) is 4.34. The highest BCUT2D eigenvalue weighted by Gasteiger charge is 2.18. The van der Waals surface area contributed by atoms with Crippen molar-refractivity contribution in [2.24, 2.45) is 0 Å². The maximum atomic E-state index is 13.4. The highest BCUT2D eigenvalue weighted by atomic mass is 19.1. The number of rotatable bonds is 8. The Morgan fingerprint density at radius 3 is 2.43 bits per heavy atom. The molecule has 23 heavy (non-hydrogen) atoms. The Morgan fingerprint density at radius 2 is 1.83 bits per heavy atom.